The van der Waals surface area contributed by atoms with Gasteiger partial charge in [0.25, 0.3) is 5.91 Å². The molecule has 2 fully saturated rings. The summed E-state index contributed by atoms with van der Waals surface area (Å²) in [5.74, 6) is 0.828. The van der Waals surface area contributed by atoms with Gasteiger partial charge in [-0.3, -0.25) is 4.79 Å². The molecule has 5 heteroatoms. The van der Waals surface area contributed by atoms with E-state index < -0.39 is 0 Å². The molecule has 1 saturated carbocycles. The Morgan fingerprint density at radius 3 is 2.94 bits per heavy atom. The summed E-state index contributed by atoms with van der Waals surface area (Å²) in [6, 6.07) is 3.84. The van der Waals surface area contributed by atoms with E-state index in [-0.39, 0.29) is 22.9 Å². The molecular weight excluding hydrogens is 228 g/mol. The lowest BCUT2D eigenvalue weighted by Gasteiger charge is -2.23. The lowest BCUT2D eigenvalue weighted by molar-refractivity contribution is 0.0900. The summed E-state index contributed by atoms with van der Waals surface area (Å²) in [5, 5.41) is 6.63. The van der Waals surface area contributed by atoms with Crippen molar-refractivity contribution in [1.29, 1.82) is 0 Å². The van der Waals surface area contributed by atoms with Crippen LogP contribution in [0.3, 0.4) is 0 Å². The van der Waals surface area contributed by atoms with Crippen molar-refractivity contribution >= 4 is 17.5 Å². The van der Waals surface area contributed by atoms with Crippen molar-refractivity contribution in [1.82, 2.24) is 10.6 Å². The molecule has 1 aliphatic heterocycles. The van der Waals surface area contributed by atoms with Crippen LogP contribution in [0.25, 0.3) is 0 Å². The molecule has 0 radical (unpaired) electrons. The van der Waals surface area contributed by atoms with Gasteiger partial charge in [-0.05, 0) is 49.0 Å². The van der Waals surface area contributed by atoms with Gasteiger partial charge in [0.15, 0.2) is 11.0 Å². The predicted octanol–water partition coefficient (Wildman–Crippen LogP) is 1.41. The summed E-state index contributed by atoms with van der Waals surface area (Å²) in [6.45, 7) is 1.09. The highest BCUT2D eigenvalue weighted by Gasteiger charge is 2.40. The lowest BCUT2D eigenvalue weighted by Crippen LogP contribution is -2.47. The highest BCUT2D eigenvalue weighted by molar-refractivity contribution is 6.29. The SMILES string of the molecule is O=C(NC1CC2CNC1C2)c1ccc(Cl)o1. The summed E-state index contributed by atoms with van der Waals surface area (Å²) in [5.41, 5.74) is 0. The van der Waals surface area contributed by atoms with E-state index in [0.717, 1.165) is 18.9 Å². The number of halogens is 1. The average Bonchev–Trinajstić information content (AvgIpc) is 2.92. The van der Waals surface area contributed by atoms with Gasteiger partial charge in [-0.25, -0.2) is 0 Å². The Bertz CT molecular complexity index is 418. The van der Waals surface area contributed by atoms with E-state index in [2.05, 4.69) is 10.6 Å². The van der Waals surface area contributed by atoms with Gasteiger partial charge in [0.05, 0.1) is 0 Å². The van der Waals surface area contributed by atoms with Crippen LogP contribution in [0.2, 0.25) is 5.22 Å². The summed E-state index contributed by atoms with van der Waals surface area (Å²) < 4.78 is 5.07. The highest BCUT2D eigenvalue weighted by Crippen LogP contribution is 2.31. The number of fused-ring (bicyclic) bond motifs is 2. The van der Waals surface area contributed by atoms with Gasteiger partial charge in [-0.15, -0.1) is 0 Å². The van der Waals surface area contributed by atoms with Crippen molar-refractivity contribution < 1.29 is 9.21 Å². The van der Waals surface area contributed by atoms with E-state index in [9.17, 15) is 4.79 Å². The molecule has 1 saturated heterocycles. The summed E-state index contributed by atoms with van der Waals surface area (Å²) in [7, 11) is 0. The van der Waals surface area contributed by atoms with Crippen molar-refractivity contribution in [3.8, 4) is 0 Å². The fourth-order valence-electron chi connectivity index (χ4n) is 2.69. The third kappa shape index (κ3) is 1.72. The summed E-state index contributed by atoms with van der Waals surface area (Å²) in [6.07, 6.45) is 2.24. The molecular formula is C11H13ClN2O2. The van der Waals surface area contributed by atoms with Crippen LogP contribution in [0.1, 0.15) is 23.4 Å². The Morgan fingerprint density at radius 2 is 2.38 bits per heavy atom. The summed E-state index contributed by atoms with van der Waals surface area (Å²) >= 11 is 5.63. The smallest absolute Gasteiger partial charge is 0.287 e. The molecule has 2 heterocycles. The van der Waals surface area contributed by atoms with Gasteiger partial charge in [-0.2, -0.15) is 0 Å². The molecule has 1 aromatic heterocycles. The molecule has 2 aliphatic rings. The van der Waals surface area contributed by atoms with Crippen LogP contribution in [0, 0.1) is 5.92 Å². The zero-order chi connectivity index (χ0) is 11.1. The van der Waals surface area contributed by atoms with Crippen molar-refractivity contribution in [3.05, 3.63) is 23.1 Å². The zero-order valence-electron chi connectivity index (χ0n) is 8.70. The van der Waals surface area contributed by atoms with Crippen molar-refractivity contribution in [2.24, 2.45) is 5.92 Å². The second-order valence-electron chi connectivity index (χ2n) is 4.54. The van der Waals surface area contributed by atoms with Crippen LogP contribution in [-0.4, -0.2) is 24.5 Å². The van der Waals surface area contributed by atoms with E-state index in [1.165, 1.54) is 6.42 Å². The molecule has 4 nitrogen and oxygen atoms in total. The number of nitrogens with one attached hydrogen (secondary N) is 2. The molecule has 3 unspecified atom stereocenters. The van der Waals surface area contributed by atoms with Crippen LogP contribution >= 0.6 is 11.6 Å². The molecule has 3 atom stereocenters. The van der Waals surface area contributed by atoms with E-state index >= 15 is 0 Å². The molecule has 1 aliphatic carbocycles. The predicted molar refractivity (Wildman–Crippen MR) is 59.5 cm³/mol. The van der Waals surface area contributed by atoms with Crippen molar-refractivity contribution in [3.63, 3.8) is 0 Å². The first-order chi connectivity index (χ1) is 7.72. The van der Waals surface area contributed by atoms with Crippen LogP contribution < -0.4 is 10.6 Å². The van der Waals surface area contributed by atoms with Crippen LogP contribution in [-0.2, 0) is 0 Å². The molecule has 2 bridgehead atoms. The number of hydrogen-bond donors (Lipinski definition) is 2. The zero-order valence-corrected chi connectivity index (χ0v) is 9.46. The summed E-state index contributed by atoms with van der Waals surface area (Å²) in [4.78, 5) is 11.8. The second kappa shape index (κ2) is 3.79. The van der Waals surface area contributed by atoms with Gasteiger partial charge in [0, 0.05) is 12.1 Å². The number of hydrogen-bond acceptors (Lipinski definition) is 3. The van der Waals surface area contributed by atoms with Gasteiger partial charge in [0.2, 0.25) is 0 Å². The van der Waals surface area contributed by atoms with Crippen LogP contribution in [0.4, 0.5) is 0 Å². The molecule has 16 heavy (non-hydrogen) atoms. The molecule has 0 aromatic carbocycles. The molecule has 2 N–H and O–H groups in total. The Hall–Kier alpha value is -1.00. The monoisotopic (exact) mass is 240 g/mol. The minimum Gasteiger partial charge on any atom is -0.440 e. The quantitative estimate of drug-likeness (QED) is 0.822. The van der Waals surface area contributed by atoms with Crippen LogP contribution in [0.5, 0.6) is 0 Å². The molecule has 3 rings (SSSR count). The molecule has 1 aromatic rings. The number of carbonyl (C=O) groups excluding carboxylic acids is 1. The Kier molecular flexibility index (Phi) is 2.41. The minimum absolute atomic E-state index is 0.175. The number of piperidine rings is 1. The largest absolute Gasteiger partial charge is 0.440 e. The van der Waals surface area contributed by atoms with Crippen molar-refractivity contribution in [2.45, 2.75) is 24.9 Å². The molecule has 0 spiro atoms. The standard InChI is InChI=1S/C11H13ClN2O2/c12-10-2-1-9(16-10)11(15)14-8-4-6-3-7(8)13-5-6/h1-2,6-8,13H,3-5H2,(H,14,15). The normalized spacial score (nSPS) is 31.9. The maximum absolute atomic E-state index is 11.8. The minimum atomic E-state index is -0.175. The number of carbonyl (C=O) groups is 1. The number of rotatable bonds is 2. The third-order valence-electron chi connectivity index (χ3n) is 3.44. The Labute approximate surface area is 98.3 Å². The Morgan fingerprint density at radius 1 is 1.50 bits per heavy atom. The fourth-order valence-corrected chi connectivity index (χ4v) is 2.83. The topological polar surface area (TPSA) is 54.3 Å². The maximum Gasteiger partial charge on any atom is 0.287 e. The van der Waals surface area contributed by atoms with Gasteiger partial charge in [-0.1, -0.05) is 0 Å². The van der Waals surface area contributed by atoms with Crippen molar-refractivity contribution in [2.75, 3.05) is 6.54 Å². The first kappa shape index (κ1) is 10.2. The third-order valence-corrected chi connectivity index (χ3v) is 3.65. The fraction of sp³-hybridized carbons (Fsp3) is 0.545. The van der Waals surface area contributed by atoms with Gasteiger partial charge < -0.3 is 15.1 Å². The number of amides is 1. The second-order valence-corrected chi connectivity index (χ2v) is 4.91. The van der Waals surface area contributed by atoms with Gasteiger partial charge >= 0.3 is 0 Å². The first-order valence-electron chi connectivity index (χ1n) is 5.52. The molecule has 86 valence electrons. The highest BCUT2D eigenvalue weighted by atomic mass is 35.5. The average molecular weight is 241 g/mol. The van der Waals surface area contributed by atoms with E-state index in [0.29, 0.717) is 6.04 Å². The van der Waals surface area contributed by atoms with Crippen LogP contribution in [0.15, 0.2) is 16.5 Å². The lowest BCUT2D eigenvalue weighted by atomic mass is 10.1. The maximum atomic E-state index is 11.8. The van der Waals surface area contributed by atoms with E-state index in [4.69, 9.17) is 16.0 Å². The first-order valence-corrected chi connectivity index (χ1v) is 5.90. The molecule has 1 amide bonds. The Balaban J connectivity index is 1.65. The van der Waals surface area contributed by atoms with Gasteiger partial charge in [0.1, 0.15) is 0 Å². The van der Waals surface area contributed by atoms with E-state index in [1.807, 2.05) is 0 Å². The van der Waals surface area contributed by atoms with E-state index in [1.54, 1.807) is 12.1 Å². The number of furan rings is 1.